The van der Waals surface area contributed by atoms with Crippen molar-refractivity contribution in [2.45, 2.75) is 32.8 Å². The van der Waals surface area contributed by atoms with E-state index in [1.807, 2.05) is 32.0 Å². The van der Waals surface area contributed by atoms with Crippen molar-refractivity contribution in [3.05, 3.63) is 35.5 Å². The van der Waals surface area contributed by atoms with E-state index in [4.69, 9.17) is 19.7 Å². The Morgan fingerprint density at radius 1 is 1.29 bits per heavy atom. The molecule has 0 saturated heterocycles. The van der Waals surface area contributed by atoms with Crippen LogP contribution in [0.25, 0.3) is 0 Å². The molecule has 114 valence electrons. The third kappa shape index (κ3) is 3.95. The van der Waals surface area contributed by atoms with E-state index in [1.165, 1.54) is 0 Å². The van der Waals surface area contributed by atoms with Crippen LogP contribution in [0.1, 0.15) is 37.0 Å². The Labute approximate surface area is 124 Å². The third-order valence-corrected chi connectivity index (χ3v) is 3.00. The third-order valence-electron chi connectivity index (χ3n) is 3.00. The number of methoxy groups -OCH3 is 1. The predicted molar refractivity (Wildman–Crippen MR) is 78.5 cm³/mol. The van der Waals surface area contributed by atoms with Crippen LogP contribution in [-0.2, 0) is 13.0 Å². The van der Waals surface area contributed by atoms with E-state index in [2.05, 4.69) is 10.1 Å². The Morgan fingerprint density at radius 3 is 2.71 bits per heavy atom. The van der Waals surface area contributed by atoms with E-state index < -0.39 is 0 Å². The molecule has 0 radical (unpaired) electrons. The average molecular weight is 291 g/mol. The molecule has 2 aromatic rings. The summed E-state index contributed by atoms with van der Waals surface area (Å²) in [6.45, 7) is 4.84. The van der Waals surface area contributed by atoms with Crippen LogP contribution in [0.3, 0.4) is 0 Å². The van der Waals surface area contributed by atoms with E-state index in [0.29, 0.717) is 29.8 Å². The van der Waals surface area contributed by atoms with Crippen molar-refractivity contribution in [1.29, 1.82) is 0 Å². The van der Waals surface area contributed by atoms with Crippen molar-refractivity contribution in [2.75, 3.05) is 13.7 Å². The maximum absolute atomic E-state index is 5.70. The predicted octanol–water partition coefficient (Wildman–Crippen LogP) is 2.28. The van der Waals surface area contributed by atoms with E-state index in [9.17, 15) is 0 Å². The van der Waals surface area contributed by atoms with Crippen molar-refractivity contribution >= 4 is 0 Å². The van der Waals surface area contributed by atoms with Crippen molar-refractivity contribution in [1.82, 2.24) is 10.1 Å². The lowest BCUT2D eigenvalue weighted by Gasteiger charge is -2.10. The van der Waals surface area contributed by atoms with Gasteiger partial charge in [0.05, 0.1) is 7.11 Å². The molecule has 0 bridgehead atoms. The fourth-order valence-corrected chi connectivity index (χ4v) is 1.86. The Morgan fingerprint density at radius 2 is 2.10 bits per heavy atom. The van der Waals surface area contributed by atoms with Gasteiger partial charge in [-0.25, -0.2) is 0 Å². The van der Waals surface area contributed by atoms with Crippen molar-refractivity contribution in [3.63, 3.8) is 0 Å². The molecule has 0 aliphatic rings. The summed E-state index contributed by atoms with van der Waals surface area (Å²) in [6.07, 6.45) is 0.805. The lowest BCUT2D eigenvalue weighted by atomic mass is 10.1. The van der Waals surface area contributed by atoms with Crippen LogP contribution in [0.4, 0.5) is 0 Å². The van der Waals surface area contributed by atoms with Gasteiger partial charge in [0, 0.05) is 5.92 Å². The first kappa shape index (κ1) is 15.3. The lowest BCUT2D eigenvalue weighted by molar-refractivity contribution is 0.268. The molecule has 0 aliphatic carbocycles. The largest absolute Gasteiger partial charge is 0.493 e. The molecule has 6 heteroatoms. The zero-order valence-electron chi connectivity index (χ0n) is 12.6. The van der Waals surface area contributed by atoms with Crippen LogP contribution in [0, 0.1) is 0 Å². The molecule has 0 amide bonds. The molecular formula is C15H21N3O3. The molecule has 1 aromatic heterocycles. The van der Waals surface area contributed by atoms with Gasteiger partial charge in [-0.15, -0.1) is 0 Å². The molecule has 2 rings (SSSR count). The maximum atomic E-state index is 5.70. The number of nitrogens with two attached hydrogens (primary N) is 1. The topological polar surface area (TPSA) is 83.4 Å². The molecule has 0 fully saturated rings. The van der Waals surface area contributed by atoms with Gasteiger partial charge in [-0.3, -0.25) is 0 Å². The van der Waals surface area contributed by atoms with Gasteiger partial charge in [-0.2, -0.15) is 4.98 Å². The quantitative estimate of drug-likeness (QED) is 0.842. The van der Waals surface area contributed by atoms with Crippen LogP contribution < -0.4 is 15.2 Å². The summed E-state index contributed by atoms with van der Waals surface area (Å²) < 4.78 is 16.2. The number of aromatic nitrogens is 2. The second kappa shape index (κ2) is 7.08. The van der Waals surface area contributed by atoms with Crippen molar-refractivity contribution in [3.8, 4) is 11.5 Å². The minimum absolute atomic E-state index is 0.205. The molecule has 0 spiro atoms. The number of ether oxygens (including phenoxy) is 2. The fourth-order valence-electron chi connectivity index (χ4n) is 1.86. The highest BCUT2D eigenvalue weighted by atomic mass is 16.5. The number of rotatable bonds is 7. The summed E-state index contributed by atoms with van der Waals surface area (Å²) in [5, 5.41) is 3.89. The summed E-state index contributed by atoms with van der Waals surface area (Å²) in [7, 11) is 1.61. The lowest BCUT2D eigenvalue weighted by Crippen LogP contribution is -2.04. The Balaban J connectivity index is 2.04. The van der Waals surface area contributed by atoms with Crippen LogP contribution in [-0.4, -0.2) is 23.8 Å². The second-order valence-corrected chi connectivity index (χ2v) is 5.02. The molecule has 21 heavy (non-hydrogen) atoms. The number of hydrogen-bond donors (Lipinski definition) is 1. The second-order valence-electron chi connectivity index (χ2n) is 5.02. The normalized spacial score (nSPS) is 10.9. The Hall–Kier alpha value is -2.08. The average Bonchev–Trinajstić information content (AvgIpc) is 2.95. The molecule has 0 unspecified atom stereocenters. The monoisotopic (exact) mass is 291 g/mol. The highest BCUT2D eigenvalue weighted by Gasteiger charge is 2.12. The molecule has 0 aliphatic heterocycles. The molecule has 1 heterocycles. The summed E-state index contributed by atoms with van der Waals surface area (Å²) >= 11 is 0. The minimum atomic E-state index is 0.205. The van der Waals surface area contributed by atoms with E-state index in [-0.39, 0.29) is 12.5 Å². The number of hydrogen-bond acceptors (Lipinski definition) is 6. The number of benzene rings is 1. The van der Waals surface area contributed by atoms with Crippen LogP contribution in [0.15, 0.2) is 22.7 Å². The molecule has 0 atom stereocenters. The molecule has 0 saturated carbocycles. The van der Waals surface area contributed by atoms with Crippen LogP contribution >= 0.6 is 0 Å². The van der Waals surface area contributed by atoms with Gasteiger partial charge in [-0.1, -0.05) is 25.1 Å². The SMILES string of the molecule is COc1cc(CCN)ccc1OCc1noc(C(C)C)n1. The first-order valence-corrected chi connectivity index (χ1v) is 6.96. The van der Waals surface area contributed by atoms with Gasteiger partial charge in [0.2, 0.25) is 11.7 Å². The first-order valence-electron chi connectivity index (χ1n) is 6.96. The Kier molecular flexibility index (Phi) is 5.16. The van der Waals surface area contributed by atoms with Crippen molar-refractivity contribution in [2.24, 2.45) is 5.73 Å². The van der Waals surface area contributed by atoms with Gasteiger partial charge in [0.25, 0.3) is 0 Å². The molecule has 1 aromatic carbocycles. The zero-order chi connectivity index (χ0) is 15.2. The van der Waals surface area contributed by atoms with Gasteiger partial charge >= 0.3 is 0 Å². The zero-order valence-corrected chi connectivity index (χ0v) is 12.6. The smallest absolute Gasteiger partial charge is 0.229 e. The van der Waals surface area contributed by atoms with E-state index >= 15 is 0 Å². The standard InChI is InChI=1S/C15H21N3O3/c1-10(2)15-17-14(18-21-15)9-20-12-5-4-11(6-7-16)8-13(12)19-3/h4-5,8,10H,6-7,9,16H2,1-3H3. The molecular weight excluding hydrogens is 270 g/mol. The molecule has 6 nitrogen and oxygen atoms in total. The summed E-state index contributed by atoms with van der Waals surface area (Å²) in [4.78, 5) is 4.27. The molecule has 2 N–H and O–H groups in total. The highest BCUT2D eigenvalue weighted by Crippen LogP contribution is 2.28. The summed E-state index contributed by atoms with van der Waals surface area (Å²) in [5.74, 6) is 2.66. The van der Waals surface area contributed by atoms with Gasteiger partial charge in [-0.05, 0) is 30.7 Å². The van der Waals surface area contributed by atoms with Gasteiger partial charge in [0.15, 0.2) is 18.1 Å². The highest BCUT2D eigenvalue weighted by molar-refractivity contribution is 5.43. The van der Waals surface area contributed by atoms with Gasteiger partial charge < -0.3 is 19.7 Å². The van der Waals surface area contributed by atoms with Crippen LogP contribution in [0.5, 0.6) is 11.5 Å². The fraction of sp³-hybridized carbons (Fsp3) is 0.467. The van der Waals surface area contributed by atoms with E-state index in [1.54, 1.807) is 7.11 Å². The first-order chi connectivity index (χ1) is 10.1. The summed E-state index contributed by atoms with van der Waals surface area (Å²) in [6, 6.07) is 5.77. The van der Waals surface area contributed by atoms with Crippen molar-refractivity contribution < 1.29 is 14.0 Å². The Bertz CT molecular complexity index is 581. The van der Waals surface area contributed by atoms with Crippen LogP contribution in [0.2, 0.25) is 0 Å². The minimum Gasteiger partial charge on any atom is -0.493 e. The van der Waals surface area contributed by atoms with Gasteiger partial charge in [0.1, 0.15) is 0 Å². The summed E-state index contributed by atoms with van der Waals surface area (Å²) in [5.41, 5.74) is 6.67. The van der Waals surface area contributed by atoms with E-state index in [0.717, 1.165) is 12.0 Å². The maximum Gasteiger partial charge on any atom is 0.229 e. The number of nitrogens with zero attached hydrogens (tertiary/aromatic N) is 2.